The van der Waals surface area contributed by atoms with E-state index in [1.54, 1.807) is 30.3 Å². The average Bonchev–Trinajstić information content (AvgIpc) is 2.78. The summed E-state index contributed by atoms with van der Waals surface area (Å²) >= 11 is 6.28. The number of hydrogen-bond acceptors (Lipinski definition) is 4. The topological polar surface area (TPSA) is 76.7 Å². The monoisotopic (exact) mass is 492 g/mol. The molecule has 0 spiro atoms. The summed E-state index contributed by atoms with van der Waals surface area (Å²) in [6.45, 7) is 0.234. The van der Waals surface area contributed by atoms with Crippen LogP contribution in [-0.4, -0.2) is 25.5 Å². The third kappa shape index (κ3) is 7.14. The van der Waals surface area contributed by atoms with Gasteiger partial charge in [0.15, 0.2) is 0 Å². The van der Waals surface area contributed by atoms with Crippen molar-refractivity contribution in [1.29, 1.82) is 0 Å². The first kappa shape index (κ1) is 24.9. The molecular weight excluding hydrogens is 473 g/mol. The van der Waals surface area contributed by atoms with E-state index in [2.05, 4.69) is 20.1 Å². The van der Waals surface area contributed by atoms with Gasteiger partial charge in [-0.05, 0) is 29.3 Å². The number of anilines is 1. The third-order valence-corrected chi connectivity index (χ3v) is 4.99. The molecule has 0 fully saturated rings. The minimum absolute atomic E-state index is 0.136. The summed E-state index contributed by atoms with van der Waals surface area (Å²) in [5, 5.41) is 5.45. The van der Waals surface area contributed by atoms with Crippen molar-refractivity contribution in [3.05, 3.63) is 82.9 Å². The van der Waals surface area contributed by atoms with Crippen molar-refractivity contribution < 1.29 is 32.2 Å². The first-order valence-electron chi connectivity index (χ1n) is 9.99. The van der Waals surface area contributed by atoms with E-state index in [1.165, 1.54) is 43.5 Å². The Morgan fingerprint density at radius 2 is 1.62 bits per heavy atom. The number of carbonyl (C=O) groups excluding carboxylic acids is 2. The number of carbonyl (C=O) groups is 2. The van der Waals surface area contributed by atoms with Gasteiger partial charge in [-0.15, -0.1) is 13.2 Å². The Labute approximate surface area is 198 Å². The number of halogens is 4. The molecule has 0 saturated carbocycles. The molecule has 34 heavy (non-hydrogen) atoms. The summed E-state index contributed by atoms with van der Waals surface area (Å²) in [7, 11) is 1.32. The van der Waals surface area contributed by atoms with Gasteiger partial charge in [0.1, 0.15) is 5.75 Å². The number of nitrogens with one attached hydrogen (secondary N) is 2. The Bertz CT molecular complexity index is 1170. The van der Waals surface area contributed by atoms with Crippen LogP contribution in [0, 0.1) is 0 Å². The van der Waals surface area contributed by atoms with E-state index in [4.69, 9.17) is 11.6 Å². The van der Waals surface area contributed by atoms with Crippen molar-refractivity contribution >= 4 is 29.3 Å². The van der Waals surface area contributed by atoms with Crippen LogP contribution in [0.25, 0.3) is 11.1 Å². The number of methoxy groups -OCH3 is 1. The van der Waals surface area contributed by atoms with Crippen molar-refractivity contribution in [1.82, 2.24) is 5.32 Å². The van der Waals surface area contributed by atoms with Crippen molar-refractivity contribution in [3.63, 3.8) is 0 Å². The molecule has 2 amide bonds. The highest BCUT2D eigenvalue weighted by Gasteiger charge is 2.32. The predicted molar refractivity (Wildman–Crippen MR) is 122 cm³/mol. The summed E-state index contributed by atoms with van der Waals surface area (Å²) < 4.78 is 46.8. The second-order valence-corrected chi connectivity index (χ2v) is 7.52. The van der Waals surface area contributed by atoms with E-state index in [9.17, 15) is 22.8 Å². The van der Waals surface area contributed by atoms with E-state index in [0.717, 1.165) is 11.1 Å². The average molecular weight is 493 g/mol. The van der Waals surface area contributed by atoms with Crippen LogP contribution in [0.5, 0.6) is 5.75 Å². The van der Waals surface area contributed by atoms with E-state index >= 15 is 0 Å². The molecule has 0 unspecified atom stereocenters. The predicted octanol–water partition coefficient (Wildman–Crippen LogP) is 5.94. The van der Waals surface area contributed by atoms with E-state index < -0.39 is 12.4 Å². The van der Waals surface area contributed by atoms with Crippen LogP contribution >= 0.6 is 11.6 Å². The Hall–Kier alpha value is -3.72. The van der Waals surface area contributed by atoms with Gasteiger partial charge in [0.25, 0.3) is 0 Å². The summed E-state index contributed by atoms with van der Waals surface area (Å²) in [6, 6.07) is 16.7. The molecule has 0 saturated heterocycles. The van der Waals surface area contributed by atoms with E-state index in [1.807, 2.05) is 0 Å². The summed E-state index contributed by atoms with van der Waals surface area (Å²) in [5.41, 5.74) is 2.44. The minimum atomic E-state index is -4.84. The largest absolute Gasteiger partial charge is 0.573 e. The molecule has 3 rings (SSSR count). The molecule has 0 aliphatic carbocycles. The van der Waals surface area contributed by atoms with Crippen molar-refractivity contribution in [2.75, 3.05) is 12.4 Å². The van der Waals surface area contributed by atoms with Gasteiger partial charge in [-0.1, -0.05) is 60.1 Å². The van der Waals surface area contributed by atoms with Crippen molar-refractivity contribution in [2.24, 2.45) is 0 Å². The highest BCUT2D eigenvalue weighted by atomic mass is 35.5. The summed E-state index contributed by atoms with van der Waals surface area (Å²) in [5.74, 6) is -0.723. The summed E-state index contributed by atoms with van der Waals surface area (Å²) in [4.78, 5) is 23.5. The molecule has 6 nitrogen and oxygen atoms in total. The number of benzene rings is 3. The van der Waals surface area contributed by atoms with Gasteiger partial charge in [-0.3, -0.25) is 4.79 Å². The molecule has 3 aromatic rings. The second-order valence-electron chi connectivity index (χ2n) is 7.12. The van der Waals surface area contributed by atoms with Crippen LogP contribution in [0.4, 0.5) is 23.7 Å². The number of amides is 2. The van der Waals surface area contributed by atoms with Crippen LogP contribution in [0.1, 0.15) is 11.1 Å². The Balaban J connectivity index is 1.62. The number of alkyl halides is 3. The molecule has 0 radical (unpaired) electrons. The minimum Gasteiger partial charge on any atom is -0.469 e. The molecule has 3 aromatic carbocycles. The summed E-state index contributed by atoms with van der Waals surface area (Å²) in [6.07, 6.45) is -4.68. The van der Waals surface area contributed by atoms with Crippen molar-refractivity contribution in [2.45, 2.75) is 19.3 Å². The normalized spacial score (nSPS) is 11.0. The smallest absolute Gasteiger partial charge is 0.469 e. The first-order valence-corrected chi connectivity index (χ1v) is 10.4. The van der Waals surface area contributed by atoms with Gasteiger partial charge in [0.2, 0.25) is 0 Å². The van der Waals surface area contributed by atoms with Crippen molar-refractivity contribution in [3.8, 4) is 16.9 Å². The zero-order valence-electron chi connectivity index (χ0n) is 17.9. The number of para-hydroxylation sites is 1. The van der Waals surface area contributed by atoms with Crippen LogP contribution in [0.15, 0.2) is 66.7 Å². The Kier molecular flexibility index (Phi) is 8.01. The first-order chi connectivity index (χ1) is 16.1. The second kappa shape index (κ2) is 10.9. The molecule has 0 aliphatic rings. The van der Waals surface area contributed by atoms with Crippen LogP contribution in [-0.2, 0) is 22.5 Å². The zero-order chi connectivity index (χ0) is 24.7. The fourth-order valence-electron chi connectivity index (χ4n) is 3.09. The van der Waals surface area contributed by atoms with E-state index in [0.29, 0.717) is 11.3 Å². The quantitative estimate of drug-likeness (QED) is 0.400. The highest BCUT2D eigenvalue weighted by molar-refractivity contribution is 6.33. The molecule has 178 valence electrons. The lowest BCUT2D eigenvalue weighted by atomic mass is 10.0. The number of esters is 1. The standard InChI is InChI=1S/C24H20ClF3N2O4/c1-33-22(31)12-15-6-8-16(9-7-15)14-29-23(32)30-17-10-11-18(20(25)13-17)19-4-2-3-5-21(19)34-24(26,27)28/h2-11,13H,12,14H2,1H3,(H2,29,30,32). The molecule has 0 aliphatic heterocycles. The fourth-order valence-corrected chi connectivity index (χ4v) is 3.37. The third-order valence-electron chi connectivity index (χ3n) is 4.68. The zero-order valence-corrected chi connectivity index (χ0v) is 18.7. The van der Waals surface area contributed by atoms with Gasteiger partial charge < -0.3 is 20.1 Å². The molecule has 10 heteroatoms. The maximum atomic E-state index is 12.7. The number of hydrogen-bond donors (Lipinski definition) is 2. The highest BCUT2D eigenvalue weighted by Crippen LogP contribution is 2.38. The maximum Gasteiger partial charge on any atom is 0.573 e. The molecule has 0 aromatic heterocycles. The number of urea groups is 1. The Morgan fingerprint density at radius 3 is 2.26 bits per heavy atom. The number of ether oxygens (including phenoxy) is 2. The van der Waals surface area contributed by atoms with Crippen LogP contribution < -0.4 is 15.4 Å². The SMILES string of the molecule is COC(=O)Cc1ccc(CNC(=O)Nc2ccc(-c3ccccc3OC(F)(F)F)c(Cl)c2)cc1. The molecular formula is C24H20ClF3N2O4. The van der Waals surface area contributed by atoms with Gasteiger partial charge >= 0.3 is 18.4 Å². The number of rotatable bonds is 7. The fraction of sp³-hybridized carbons (Fsp3) is 0.167. The van der Waals surface area contributed by atoms with E-state index in [-0.39, 0.29) is 35.3 Å². The molecule has 0 atom stereocenters. The lowest BCUT2D eigenvalue weighted by Crippen LogP contribution is -2.28. The van der Waals surface area contributed by atoms with Gasteiger partial charge in [-0.2, -0.15) is 0 Å². The molecule has 0 bridgehead atoms. The van der Waals surface area contributed by atoms with Crippen LogP contribution in [0.3, 0.4) is 0 Å². The van der Waals surface area contributed by atoms with Gasteiger partial charge in [-0.25, -0.2) is 4.79 Å². The van der Waals surface area contributed by atoms with Gasteiger partial charge in [0.05, 0.1) is 18.6 Å². The lowest BCUT2D eigenvalue weighted by molar-refractivity contribution is -0.274. The lowest BCUT2D eigenvalue weighted by Gasteiger charge is -2.15. The van der Waals surface area contributed by atoms with Crippen LogP contribution in [0.2, 0.25) is 5.02 Å². The Morgan fingerprint density at radius 1 is 0.941 bits per heavy atom. The molecule has 0 heterocycles. The maximum absolute atomic E-state index is 12.7. The molecule has 2 N–H and O–H groups in total. The van der Waals surface area contributed by atoms with Gasteiger partial charge in [0, 0.05) is 23.4 Å².